The van der Waals surface area contributed by atoms with Crippen molar-refractivity contribution in [1.82, 2.24) is 19.7 Å². The number of carbonyl (C=O) groups is 3. The van der Waals surface area contributed by atoms with Crippen LogP contribution in [0, 0.1) is 28.6 Å². The summed E-state index contributed by atoms with van der Waals surface area (Å²) in [6.07, 6.45) is 18.8. The number of nitrogens with zero attached hydrogens (tertiary/aromatic N) is 5. The number of benzene rings is 3. The quantitative estimate of drug-likeness (QED) is 0.0264. The monoisotopic (exact) mass is 1370 g/mol. The maximum Gasteiger partial charge on any atom is 0.322 e. The first kappa shape index (κ1) is 74.5. The van der Waals surface area contributed by atoms with E-state index in [4.69, 9.17) is 33.2 Å². The van der Waals surface area contributed by atoms with Crippen molar-refractivity contribution in [2.75, 3.05) is 117 Å². The Morgan fingerprint density at radius 1 is 0.680 bits per heavy atom. The van der Waals surface area contributed by atoms with Gasteiger partial charge >= 0.3 is 17.9 Å². The van der Waals surface area contributed by atoms with Crippen LogP contribution in [-0.4, -0.2) is 203 Å². The van der Waals surface area contributed by atoms with Crippen LogP contribution >= 0.6 is 0 Å². The second kappa shape index (κ2) is 29.2. The number of rotatable bonds is 19. The van der Waals surface area contributed by atoms with E-state index in [-0.39, 0.29) is 62.0 Å². The molecule has 3 unspecified atom stereocenters. The molecule has 14 rings (SSSR count). The lowest BCUT2D eigenvalue weighted by Crippen LogP contribution is -2.80. The maximum absolute atomic E-state index is 15.4. The molecule has 2 spiro atoms. The highest BCUT2D eigenvalue weighted by molar-refractivity contribution is 5.94. The zero-order chi connectivity index (χ0) is 70.6. The summed E-state index contributed by atoms with van der Waals surface area (Å²) < 4.78 is 43.3. The summed E-state index contributed by atoms with van der Waals surface area (Å²) in [7, 11) is 8.99. The minimum Gasteiger partial charge on any atom is -0.497 e. The van der Waals surface area contributed by atoms with Crippen molar-refractivity contribution in [2.24, 2.45) is 16.7 Å². The molecule has 18 heteroatoms. The summed E-state index contributed by atoms with van der Waals surface area (Å²) in [5.74, 6) is 5.70. The summed E-state index contributed by atoms with van der Waals surface area (Å²) in [6.45, 7) is 24.5. The molecule has 3 N–H and O–H groups in total. The SMILES string of the molecule is C.CC#CC.CCCCOC[C@@]1(O)[C@H](OC(C)=O)[C@]2(CC)C=CCN3CC[C@@]4(c5cc([C@@]6(C(=O)OC)C[C@@H]7C=C(CC)CN(CCc8c6[nH]c6ccccc86)C7)c(OC)cc5N(C)[C@@H]14)C32.CCCCOC[C@@]1(O)[C@H](OC(C)=O)[C@]2(CC)C=CCN3CC[C@@]4(c5ccc(OC)cc5N(C)[C@@H]14)C32. The Bertz CT molecular complexity index is 3830. The van der Waals surface area contributed by atoms with Gasteiger partial charge in [-0.25, -0.2) is 0 Å². The van der Waals surface area contributed by atoms with Gasteiger partial charge in [0.1, 0.15) is 40.3 Å². The summed E-state index contributed by atoms with van der Waals surface area (Å²) in [4.78, 5) is 57.0. The number of fused-ring (bicyclic) bond motifs is 7. The number of carbonyl (C=O) groups excluding carboxylic acids is 3. The fourth-order valence-corrected chi connectivity index (χ4v) is 21.5. The van der Waals surface area contributed by atoms with Crippen LogP contribution < -0.4 is 19.3 Å². The van der Waals surface area contributed by atoms with E-state index in [1.807, 2.05) is 26.0 Å². The number of hydrogen-bond acceptors (Lipinski definition) is 17. The predicted octanol–water partition coefficient (Wildman–Crippen LogP) is 11.4. The third kappa shape index (κ3) is 11.3. The fraction of sp³-hybridized carbons (Fsp3) is 0.622. The van der Waals surface area contributed by atoms with Gasteiger partial charge in [-0.05, 0) is 126 Å². The Balaban J connectivity index is 0.000000214. The number of aromatic amines is 1. The zero-order valence-electron chi connectivity index (χ0n) is 61.4. The number of anilines is 2. The summed E-state index contributed by atoms with van der Waals surface area (Å²) in [5.41, 5.74) is 3.02. The Kier molecular flexibility index (Phi) is 21.8. The second-order valence-corrected chi connectivity index (χ2v) is 29.9. The number of esters is 3. The topological polar surface area (TPSA) is 188 Å². The smallest absolute Gasteiger partial charge is 0.322 e. The van der Waals surface area contributed by atoms with Crippen LogP contribution in [0.5, 0.6) is 11.5 Å². The van der Waals surface area contributed by atoms with Crippen LogP contribution in [0.25, 0.3) is 10.9 Å². The number of aliphatic hydroxyl groups is 2. The molecule has 2 bridgehead atoms. The Morgan fingerprint density at radius 2 is 1.24 bits per heavy atom. The van der Waals surface area contributed by atoms with Gasteiger partial charge in [0.25, 0.3) is 0 Å². The molecular formula is C82H114N6O12. The van der Waals surface area contributed by atoms with Gasteiger partial charge < -0.3 is 58.2 Å². The van der Waals surface area contributed by atoms with Crippen molar-refractivity contribution in [1.29, 1.82) is 0 Å². The number of nitrogens with one attached hydrogen (secondary N) is 1. The molecule has 1 aromatic heterocycles. The average Bonchev–Trinajstić information content (AvgIpc) is 1.47. The van der Waals surface area contributed by atoms with E-state index in [1.54, 1.807) is 14.2 Å². The fourth-order valence-electron chi connectivity index (χ4n) is 21.5. The number of unbranched alkanes of at least 4 members (excludes halogenated alkanes) is 2. The molecule has 4 fully saturated rings. The van der Waals surface area contributed by atoms with Crippen molar-refractivity contribution in [3.05, 3.63) is 118 Å². The minimum atomic E-state index is -1.60. The third-order valence-electron chi connectivity index (χ3n) is 25.1. The van der Waals surface area contributed by atoms with Gasteiger partial charge in [-0.15, -0.1) is 11.8 Å². The first-order chi connectivity index (χ1) is 47.7. The molecule has 4 aromatic rings. The van der Waals surface area contributed by atoms with Gasteiger partial charge in [0.05, 0.1) is 46.6 Å². The highest BCUT2D eigenvalue weighted by Gasteiger charge is 2.80. The highest BCUT2D eigenvalue weighted by Crippen LogP contribution is 2.70. The number of hydrogen-bond donors (Lipinski definition) is 3. The maximum atomic E-state index is 15.4. The standard InChI is InChI=1S/C49H64N4O7.C28H40N2O5.C4H6.CH4/c1-8-11-23-59-30-49(56)43-47(19-22-53-20-14-18-46(10-3,42(47)53)44(49)60-31(4)54)36-25-37(40(57-6)26-39(36)51(43)5)48(45(55)58-7)27-33-24-32(9-2)28-52(29-33)21-17-35-34-15-12-13-16-38(34)50-41(35)48;1-6-8-16-34-18-28(32)24-27(21-11-10-20(33-5)17-22(21)29(24)4)13-15-30-14-9-12-26(7-2,23(27)30)25(28)35-19(3)31;1-3-4-2;/h12-16,18,24-26,33,42-44,50,56H,8-11,17,19-23,27-30H2,1-7H3;9-12,17,23-25,32H,6-8,13-16,18H2,1-5H3;1-2H3;1H4/t33-,42?,43+,44+,46+,47+,48-,49-;23?,24-,25-,26-,27-,28+;;/m01../s1. The third-order valence-corrected chi connectivity index (χ3v) is 25.1. The molecule has 3 aromatic carbocycles. The van der Waals surface area contributed by atoms with Crippen LogP contribution in [0.4, 0.5) is 11.4 Å². The van der Waals surface area contributed by atoms with Crippen LogP contribution in [0.3, 0.4) is 0 Å². The molecular weight excluding hydrogens is 1260 g/mol. The van der Waals surface area contributed by atoms with E-state index < -0.39 is 57.1 Å². The minimum absolute atomic E-state index is 0. The van der Waals surface area contributed by atoms with Crippen molar-refractivity contribution in [3.8, 4) is 23.3 Å². The van der Waals surface area contributed by atoms with E-state index in [0.29, 0.717) is 31.8 Å². The lowest BCUT2D eigenvalue weighted by Gasteiger charge is -2.64. The van der Waals surface area contributed by atoms with E-state index in [1.165, 1.54) is 32.1 Å². The van der Waals surface area contributed by atoms with Gasteiger partial charge in [0.2, 0.25) is 0 Å². The average molecular weight is 1380 g/mol. The van der Waals surface area contributed by atoms with Crippen molar-refractivity contribution >= 4 is 40.2 Å². The van der Waals surface area contributed by atoms with Crippen molar-refractivity contribution in [3.63, 3.8) is 0 Å². The number of aromatic nitrogens is 1. The lowest BCUT2D eigenvalue weighted by atomic mass is 9.47. The Morgan fingerprint density at radius 3 is 1.75 bits per heavy atom. The second-order valence-electron chi connectivity index (χ2n) is 29.9. The lowest BCUT2D eigenvalue weighted by molar-refractivity contribution is -0.233. The van der Waals surface area contributed by atoms with Gasteiger partial charge in [0, 0.05) is 153 Å². The van der Waals surface area contributed by atoms with Crippen molar-refractivity contribution < 1.29 is 57.8 Å². The number of para-hydroxylation sites is 1. The molecule has 2 saturated carbocycles. The normalized spacial score (nSPS) is 33.6. The molecule has 2 aliphatic carbocycles. The van der Waals surface area contributed by atoms with Crippen LogP contribution in [0.2, 0.25) is 0 Å². The van der Waals surface area contributed by atoms with Crippen LogP contribution in [0.15, 0.2) is 90.6 Å². The summed E-state index contributed by atoms with van der Waals surface area (Å²) in [5, 5.41) is 27.7. The summed E-state index contributed by atoms with van der Waals surface area (Å²) in [6, 6.07) is 18.2. The molecule has 15 atom stereocenters. The molecule has 0 amide bonds. The van der Waals surface area contributed by atoms with E-state index >= 15 is 4.79 Å². The molecule has 18 nitrogen and oxygen atoms in total. The van der Waals surface area contributed by atoms with Crippen molar-refractivity contribution in [2.45, 2.75) is 204 Å². The van der Waals surface area contributed by atoms with Gasteiger partial charge in [0.15, 0.2) is 0 Å². The number of ether oxygens (including phenoxy) is 7. The van der Waals surface area contributed by atoms with Gasteiger partial charge in [-0.2, -0.15) is 0 Å². The first-order valence-electron chi connectivity index (χ1n) is 36.8. The molecule has 2 saturated heterocycles. The Labute approximate surface area is 595 Å². The Hall–Kier alpha value is -6.69. The number of H-pyrrole nitrogens is 1. The molecule has 8 aliphatic heterocycles. The van der Waals surface area contributed by atoms with E-state index in [0.717, 1.165) is 154 Å². The first-order valence-corrected chi connectivity index (χ1v) is 36.8. The number of likely N-dealkylation sites (N-methyl/N-ethyl adjacent to an activating group) is 2. The number of methoxy groups -OCH3 is 3. The molecule has 9 heterocycles. The largest absolute Gasteiger partial charge is 0.497 e. The zero-order valence-corrected chi connectivity index (χ0v) is 61.4. The molecule has 100 heavy (non-hydrogen) atoms. The van der Waals surface area contributed by atoms with Crippen LogP contribution in [0.1, 0.15) is 162 Å². The van der Waals surface area contributed by atoms with Crippen LogP contribution in [-0.2, 0) is 60.7 Å². The highest BCUT2D eigenvalue weighted by atomic mass is 16.6. The van der Waals surface area contributed by atoms with E-state index in [2.05, 4.69) is 163 Å². The molecule has 0 radical (unpaired) electrons. The van der Waals surface area contributed by atoms with E-state index in [9.17, 15) is 19.8 Å². The predicted molar refractivity (Wildman–Crippen MR) is 393 cm³/mol. The molecule has 544 valence electrons. The van der Waals surface area contributed by atoms with Gasteiger partial charge in [-0.1, -0.05) is 115 Å². The summed E-state index contributed by atoms with van der Waals surface area (Å²) >= 11 is 0. The van der Waals surface area contributed by atoms with Gasteiger partial charge in [-0.3, -0.25) is 29.1 Å². The molecule has 10 aliphatic rings.